The number of rotatable bonds is 4. The Labute approximate surface area is 113 Å². The molecule has 5 nitrogen and oxygen atoms in total. The van der Waals surface area contributed by atoms with Crippen LogP contribution >= 0.6 is 0 Å². The maximum Gasteiger partial charge on any atom is 0.258 e. The first kappa shape index (κ1) is 13.7. The summed E-state index contributed by atoms with van der Waals surface area (Å²) >= 11 is 0. The van der Waals surface area contributed by atoms with E-state index < -0.39 is 0 Å². The molecule has 0 saturated carbocycles. The molecule has 1 atom stereocenters. The Morgan fingerprint density at radius 2 is 1.89 bits per heavy atom. The van der Waals surface area contributed by atoms with Gasteiger partial charge in [0.1, 0.15) is 0 Å². The standard InChI is InChI=1S/C14H20N4O/c1-9-6-5-7-10(2)12(9)14-16-13(17-19-14)11(15)8-18(3)4/h5-7,11H,8,15H2,1-4H3. The van der Waals surface area contributed by atoms with Crippen molar-refractivity contribution in [1.29, 1.82) is 0 Å². The Morgan fingerprint density at radius 3 is 2.47 bits per heavy atom. The van der Waals surface area contributed by atoms with Crippen molar-refractivity contribution in [1.82, 2.24) is 15.0 Å². The molecule has 19 heavy (non-hydrogen) atoms. The van der Waals surface area contributed by atoms with Gasteiger partial charge in [0.25, 0.3) is 5.89 Å². The highest BCUT2D eigenvalue weighted by Crippen LogP contribution is 2.26. The average molecular weight is 260 g/mol. The molecule has 2 N–H and O–H groups in total. The third-order valence-corrected chi connectivity index (χ3v) is 3.03. The lowest BCUT2D eigenvalue weighted by Crippen LogP contribution is -2.26. The fourth-order valence-electron chi connectivity index (χ4n) is 2.11. The van der Waals surface area contributed by atoms with Crippen molar-refractivity contribution in [3.05, 3.63) is 35.2 Å². The average Bonchev–Trinajstić information content (AvgIpc) is 2.77. The molecule has 0 saturated heterocycles. The topological polar surface area (TPSA) is 68.2 Å². The Bertz CT molecular complexity index is 542. The van der Waals surface area contributed by atoms with Gasteiger partial charge in [0.2, 0.25) is 0 Å². The molecule has 0 spiro atoms. The summed E-state index contributed by atoms with van der Waals surface area (Å²) in [5.41, 5.74) is 9.28. The zero-order valence-corrected chi connectivity index (χ0v) is 11.8. The predicted molar refractivity (Wildman–Crippen MR) is 74.7 cm³/mol. The number of hydrogen-bond acceptors (Lipinski definition) is 5. The summed E-state index contributed by atoms with van der Waals surface area (Å²) in [6.45, 7) is 4.75. The summed E-state index contributed by atoms with van der Waals surface area (Å²) in [5.74, 6) is 1.09. The zero-order valence-electron chi connectivity index (χ0n) is 11.8. The molecule has 1 aromatic carbocycles. The highest BCUT2D eigenvalue weighted by molar-refractivity contribution is 5.62. The molecule has 0 radical (unpaired) electrons. The van der Waals surface area contributed by atoms with Gasteiger partial charge in [-0.1, -0.05) is 23.4 Å². The minimum absolute atomic E-state index is 0.239. The van der Waals surface area contributed by atoms with Crippen LogP contribution in [0.25, 0.3) is 11.5 Å². The smallest absolute Gasteiger partial charge is 0.258 e. The lowest BCUT2D eigenvalue weighted by molar-refractivity contribution is 0.357. The lowest BCUT2D eigenvalue weighted by Gasteiger charge is -2.12. The van der Waals surface area contributed by atoms with E-state index in [1.807, 2.05) is 51.0 Å². The molecular formula is C14H20N4O. The van der Waals surface area contributed by atoms with Gasteiger partial charge in [-0.3, -0.25) is 0 Å². The summed E-state index contributed by atoms with van der Waals surface area (Å²) in [4.78, 5) is 6.43. The molecule has 0 fully saturated rings. The summed E-state index contributed by atoms with van der Waals surface area (Å²) in [6, 6.07) is 5.85. The number of hydrogen-bond donors (Lipinski definition) is 1. The maximum atomic E-state index is 6.04. The normalized spacial score (nSPS) is 12.9. The number of aryl methyl sites for hydroxylation is 2. The van der Waals surface area contributed by atoms with E-state index in [9.17, 15) is 0 Å². The van der Waals surface area contributed by atoms with Crippen LogP contribution in [-0.2, 0) is 0 Å². The SMILES string of the molecule is Cc1cccc(C)c1-c1nc(C(N)CN(C)C)no1. The first-order chi connectivity index (χ1) is 8.99. The number of benzene rings is 1. The van der Waals surface area contributed by atoms with Gasteiger partial charge in [0.05, 0.1) is 6.04 Å². The van der Waals surface area contributed by atoms with Crippen LogP contribution in [-0.4, -0.2) is 35.7 Å². The fourth-order valence-corrected chi connectivity index (χ4v) is 2.11. The monoisotopic (exact) mass is 260 g/mol. The van der Waals surface area contributed by atoms with Gasteiger partial charge in [-0.25, -0.2) is 0 Å². The van der Waals surface area contributed by atoms with Crippen molar-refractivity contribution in [2.45, 2.75) is 19.9 Å². The van der Waals surface area contributed by atoms with Crippen LogP contribution in [0.4, 0.5) is 0 Å². The third-order valence-electron chi connectivity index (χ3n) is 3.03. The van der Waals surface area contributed by atoms with Crippen molar-refractivity contribution in [2.75, 3.05) is 20.6 Å². The van der Waals surface area contributed by atoms with Gasteiger partial charge in [0, 0.05) is 12.1 Å². The molecule has 5 heteroatoms. The molecular weight excluding hydrogens is 240 g/mol. The van der Waals surface area contributed by atoms with Crippen LogP contribution < -0.4 is 5.73 Å². The molecule has 0 bridgehead atoms. The molecule has 2 rings (SSSR count). The molecule has 102 valence electrons. The zero-order chi connectivity index (χ0) is 14.0. The maximum absolute atomic E-state index is 6.04. The third kappa shape index (κ3) is 3.00. The lowest BCUT2D eigenvalue weighted by atomic mass is 10.0. The van der Waals surface area contributed by atoms with E-state index in [0.717, 1.165) is 16.7 Å². The first-order valence-electron chi connectivity index (χ1n) is 6.29. The first-order valence-corrected chi connectivity index (χ1v) is 6.29. The van der Waals surface area contributed by atoms with Gasteiger partial charge in [-0.15, -0.1) is 0 Å². The van der Waals surface area contributed by atoms with E-state index in [2.05, 4.69) is 10.1 Å². The molecule has 0 aliphatic rings. The fraction of sp³-hybridized carbons (Fsp3) is 0.429. The molecule has 0 aliphatic carbocycles. The Kier molecular flexibility index (Phi) is 3.97. The Morgan fingerprint density at radius 1 is 1.26 bits per heavy atom. The van der Waals surface area contributed by atoms with Crippen LogP contribution in [0.15, 0.2) is 22.7 Å². The molecule has 1 aromatic heterocycles. The second-order valence-corrected chi connectivity index (χ2v) is 5.09. The van der Waals surface area contributed by atoms with E-state index in [-0.39, 0.29) is 6.04 Å². The highest BCUT2D eigenvalue weighted by atomic mass is 16.5. The largest absolute Gasteiger partial charge is 0.334 e. The van der Waals surface area contributed by atoms with E-state index in [1.54, 1.807) is 0 Å². The van der Waals surface area contributed by atoms with E-state index >= 15 is 0 Å². The van der Waals surface area contributed by atoms with Gasteiger partial charge >= 0.3 is 0 Å². The number of aromatic nitrogens is 2. The van der Waals surface area contributed by atoms with Crippen molar-refractivity contribution in [3.63, 3.8) is 0 Å². The van der Waals surface area contributed by atoms with Crippen LogP contribution in [0.5, 0.6) is 0 Å². The Hall–Kier alpha value is -1.72. The minimum atomic E-state index is -0.239. The van der Waals surface area contributed by atoms with Crippen LogP contribution in [0.2, 0.25) is 0 Å². The molecule has 1 heterocycles. The number of nitrogens with two attached hydrogens (primary N) is 1. The van der Waals surface area contributed by atoms with Gasteiger partial charge in [-0.2, -0.15) is 4.98 Å². The quantitative estimate of drug-likeness (QED) is 0.909. The van der Waals surface area contributed by atoms with Gasteiger partial charge < -0.3 is 15.2 Å². The van der Waals surface area contributed by atoms with Gasteiger partial charge in [-0.05, 0) is 39.1 Å². The molecule has 1 unspecified atom stereocenters. The molecule has 0 aliphatic heterocycles. The van der Waals surface area contributed by atoms with Crippen LogP contribution in [0.1, 0.15) is 23.0 Å². The van der Waals surface area contributed by atoms with Crippen molar-refractivity contribution in [3.8, 4) is 11.5 Å². The van der Waals surface area contributed by atoms with E-state index in [1.165, 1.54) is 0 Å². The summed E-state index contributed by atoms with van der Waals surface area (Å²) in [5, 5.41) is 3.99. The van der Waals surface area contributed by atoms with Crippen molar-refractivity contribution < 1.29 is 4.52 Å². The van der Waals surface area contributed by atoms with Crippen molar-refractivity contribution >= 4 is 0 Å². The van der Waals surface area contributed by atoms with E-state index in [0.29, 0.717) is 18.3 Å². The Balaban J connectivity index is 2.31. The van der Waals surface area contributed by atoms with Crippen molar-refractivity contribution in [2.24, 2.45) is 5.73 Å². The van der Waals surface area contributed by atoms with E-state index in [4.69, 9.17) is 10.3 Å². The highest BCUT2D eigenvalue weighted by Gasteiger charge is 2.18. The van der Waals surface area contributed by atoms with Gasteiger partial charge in [0.15, 0.2) is 5.82 Å². The minimum Gasteiger partial charge on any atom is -0.334 e. The summed E-state index contributed by atoms with van der Waals surface area (Å²) in [7, 11) is 3.93. The molecule has 0 amide bonds. The number of nitrogens with zero attached hydrogens (tertiary/aromatic N) is 3. The second kappa shape index (κ2) is 5.50. The van der Waals surface area contributed by atoms with Crippen LogP contribution in [0.3, 0.4) is 0 Å². The second-order valence-electron chi connectivity index (χ2n) is 5.09. The van der Waals surface area contributed by atoms with Crippen LogP contribution in [0, 0.1) is 13.8 Å². The molecule has 2 aromatic rings. The number of likely N-dealkylation sites (N-methyl/N-ethyl adjacent to an activating group) is 1. The summed E-state index contributed by atoms with van der Waals surface area (Å²) in [6.07, 6.45) is 0. The predicted octanol–water partition coefficient (Wildman–Crippen LogP) is 1.91. The summed E-state index contributed by atoms with van der Waals surface area (Å²) < 4.78 is 5.36.